The number of carbonyl (C=O) groups is 2. The van der Waals surface area contributed by atoms with Gasteiger partial charge in [-0.3, -0.25) is 0 Å². The Morgan fingerprint density at radius 1 is 1.12 bits per heavy atom. The summed E-state index contributed by atoms with van der Waals surface area (Å²) in [6.07, 6.45) is 4.76. The maximum absolute atomic E-state index is 13.6. The Balaban J connectivity index is 1.65. The van der Waals surface area contributed by atoms with E-state index >= 15 is 0 Å². The summed E-state index contributed by atoms with van der Waals surface area (Å²) in [6, 6.07) is 14.0. The van der Waals surface area contributed by atoms with E-state index < -0.39 is 11.7 Å². The van der Waals surface area contributed by atoms with Gasteiger partial charge >= 0.3 is 12.1 Å². The maximum atomic E-state index is 13.6. The minimum atomic E-state index is -1.27. The van der Waals surface area contributed by atoms with Gasteiger partial charge in [-0.2, -0.15) is 0 Å². The van der Waals surface area contributed by atoms with E-state index in [2.05, 4.69) is 24.4 Å². The highest BCUT2D eigenvalue weighted by Gasteiger charge is 2.43. The Morgan fingerprint density at radius 3 is 2.59 bits per heavy atom. The van der Waals surface area contributed by atoms with Gasteiger partial charge < -0.3 is 30.7 Å². The van der Waals surface area contributed by atoms with E-state index in [9.17, 15) is 14.7 Å². The number of halogens is 1. The van der Waals surface area contributed by atoms with Crippen molar-refractivity contribution in [2.45, 2.75) is 57.5 Å². The van der Waals surface area contributed by atoms with Crippen molar-refractivity contribution in [3.05, 3.63) is 58.6 Å². The van der Waals surface area contributed by atoms with Crippen LogP contribution in [0.4, 0.5) is 9.59 Å². The van der Waals surface area contributed by atoms with Crippen LogP contribution in [0.25, 0.3) is 11.1 Å². The highest BCUT2D eigenvalue weighted by atomic mass is 35.5. The fourth-order valence-electron chi connectivity index (χ4n) is 6.40. The van der Waals surface area contributed by atoms with Crippen molar-refractivity contribution in [3.63, 3.8) is 0 Å². The van der Waals surface area contributed by atoms with E-state index in [-0.39, 0.29) is 11.9 Å². The minimum absolute atomic E-state index is 0.0434. The Labute approximate surface area is 249 Å². The summed E-state index contributed by atoms with van der Waals surface area (Å²) in [7, 11) is 1.33. The van der Waals surface area contributed by atoms with E-state index in [4.69, 9.17) is 22.1 Å². The number of aryl methyl sites for hydroxylation is 1. The number of amides is 3. The average Bonchev–Trinajstić information content (AvgIpc) is 3.02. The smallest absolute Gasteiger partial charge is 0.406 e. The molecule has 0 aliphatic carbocycles. The molecule has 41 heavy (non-hydrogen) atoms. The van der Waals surface area contributed by atoms with Crippen LogP contribution >= 0.6 is 11.6 Å². The van der Waals surface area contributed by atoms with Gasteiger partial charge in [0.2, 0.25) is 0 Å². The quantitative estimate of drug-likeness (QED) is 0.342. The lowest BCUT2D eigenvalue weighted by molar-refractivity contribution is -0.0564. The minimum Gasteiger partial charge on any atom is -0.453 e. The number of aliphatic hydroxyl groups is 1. The SMILES string of the molecule is CCc1cccc(-c2c(Cl)cccc2C(O)(CCCNC(=O)OC)[C@@H]2CCCN(C(=O)N3CCC(CN)CC3)C2)c1. The van der Waals surface area contributed by atoms with Crippen LogP contribution < -0.4 is 11.1 Å². The first-order valence-corrected chi connectivity index (χ1v) is 15.3. The first-order valence-electron chi connectivity index (χ1n) is 15.0. The van der Waals surface area contributed by atoms with E-state index in [1.54, 1.807) is 0 Å². The third kappa shape index (κ3) is 7.34. The maximum Gasteiger partial charge on any atom is 0.406 e. The molecule has 3 amide bonds. The largest absolute Gasteiger partial charge is 0.453 e. The molecular weight excluding hydrogens is 540 g/mol. The zero-order chi connectivity index (χ0) is 29.4. The number of ether oxygens (including phenoxy) is 1. The van der Waals surface area contributed by atoms with Crippen molar-refractivity contribution in [3.8, 4) is 11.1 Å². The monoisotopic (exact) mass is 584 g/mol. The van der Waals surface area contributed by atoms with Crippen LogP contribution in [0.2, 0.25) is 5.02 Å². The zero-order valence-electron chi connectivity index (χ0n) is 24.4. The van der Waals surface area contributed by atoms with Crippen LogP contribution in [0.3, 0.4) is 0 Å². The van der Waals surface area contributed by atoms with E-state index in [1.165, 1.54) is 12.7 Å². The molecule has 2 aromatic carbocycles. The number of alkyl carbamates (subject to hydrolysis) is 1. The molecule has 2 aliphatic rings. The summed E-state index contributed by atoms with van der Waals surface area (Å²) in [5.41, 5.74) is 8.32. The van der Waals surface area contributed by atoms with Crippen LogP contribution in [-0.2, 0) is 16.8 Å². The van der Waals surface area contributed by atoms with Crippen LogP contribution in [0, 0.1) is 11.8 Å². The molecule has 2 fully saturated rings. The van der Waals surface area contributed by atoms with Gasteiger partial charge in [0.05, 0.1) is 12.7 Å². The van der Waals surface area contributed by atoms with E-state index in [1.807, 2.05) is 40.1 Å². The number of hydrogen-bond donors (Lipinski definition) is 3. The third-order valence-electron chi connectivity index (χ3n) is 8.88. The van der Waals surface area contributed by atoms with Gasteiger partial charge in [0.1, 0.15) is 0 Å². The fourth-order valence-corrected chi connectivity index (χ4v) is 6.69. The number of nitrogens with zero attached hydrogens (tertiary/aromatic N) is 2. The van der Waals surface area contributed by atoms with Crippen LogP contribution in [0.1, 0.15) is 56.6 Å². The van der Waals surface area contributed by atoms with Crippen molar-refractivity contribution >= 4 is 23.7 Å². The molecule has 2 saturated heterocycles. The number of methoxy groups -OCH3 is 1. The number of piperidine rings is 2. The number of likely N-dealkylation sites (tertiary alicyclic amines) is 2. The molecule has 2 heterocycles. The standard InChI is InChI=1S/C32H45ClN4O4/c1-3-23-8-4-9-25(20-23)29-27(11-5-12-28(29)33)32(40,15-7-16-35-30(38)41-2)26-10-6-17-37(22-26)31(39)36-18-13-24(21-34)14-19-36/h4-5,8-9,11-12,20,24,26,40H,3,6-7,10,13-19,21-22,34H2,1-2H3,(H,35,38)/t26-,32?/m1/s1. The fraction of sp³-hybridized carbons (Fsp3) is 0.562. The zero-order valence-corrected chi connectivity index (χ0v) is 25.2. The molecule has 2 atom stereocenters. The number of carbonyl (C=O) groups excluding carboxylic acids is 2. The molecule has 4 rings (SSSR count). The molecule has 0 aromatic heterocycles. The summed E-state index contributed by atoms with van der Waals surface area (Å²) in [5, 5.41) is 16.0. The molecule has 2 aliphatic heterocycles. The highest BCUT2D eigenvalue weighted by Crippen LogP contribution is 2.45. The Morgan fingerprint density at radius 2 is 1.88 bits per heavy atom. The van der Waals surface area contributed by atoms with Gasteiger partial charge in [-0.15, -0.1) is 0 Å². The van der Waals surface area contributed by atoms with Crippen LogP contribution in [-0.4, -0.2) is 73.4 Å². The van der Waals surface area contributed by atoms with Crippen molar-refractivity contribution < 1.29 is 19.4 Å². The molecule has 2 aromatic rings. The van der Waals surface area contributed by atoms with Gasteiger partial charge in [-0.1, -0.05) is 54.9 Å². The van der Waals surface area contributed by atoms with Gasteiger partial charge in [0, 0.05) is 49.2 Å². The molecule has 0 spiro atoms. The predicted octanol–water partition coefficient (Wildman–Crippen LogP) is 5.40. The first-order chi connectivity index (χ1) is 19.8. The normalized spacial score (nSPS) is 19.5. The number of nitrogens with two attached hydrogens (primary N) is 1. The van der Waals surface area contributed by atoms with Crippen molar-refractivity contribution in [2.75, 3.05) is 46.4 Å². The third-order valence-corrected chi connectivity index (χ3v) is 9.19. The Kier molecular flexibility index (Phi) is 10.9. The summed E-state index contributed by atoms with van der Waals surface area (Å²) < 4.78 is 4.72. The molecule has 0 radical (unpaired) electrons. The lowest BCUT2D eigenvalue weighted by atomic mass is 9.72. The molecule has 0 bridgehead atoms. The topological polar surface area (TPSA) is 108 Å². The van der Waals surface area contributed by atoms with Gasteiger partial charge in [0.25, 0.3) is 0 Å². The number of urea groups is 1. The molecule has 4 N–H and O–H groups in total. The van der Waals surface area contributed by atoms with Gasteiger partial charge in [-0.25, -0.2) is 9.59 Å². The molecule has 0 saturated carbocycles. The summed E-state index contributed by atoms with van der Waals surface area (Å²) in [6.45, 7) is 5.71. The number of benzene rings is 2. The Bertz CT molecular complexity index is 1190. The summed E-state index contributed by atoms with van der Waals surface area (Å²) in [4.78, 5) is 29.1. The summed E-state index contributed by atoms with van der Waals surface area (Å²) >= 11 is 6.87. The molecular formula is C32H45ClN4O4. The predicted molar refractivity (Wildman–Crippen MR) is 163 cm³/mol. The van der Waals surface area contributed by atoms with Gasteiger partial charge in [0.15, 0.2) is 0 Å². The number of hydrogen-bond acceptors (Lipinski definition) is 5. The molecule has 9 heteroatoms. The molecule has 224 valence electrons. The second-order valence-corrected chi connectivity index (χ2v) is 11.8. The second-order valence-electron chi connectivity index (χ2n) is 11.4. The van der Waals surface area contributed by atoms with E-state index in [0.29, 0.717) is 50.0 Å². The molecule has 1 unspecified atom stereocenters. The number of nitrogens with one attached hydrogen (secondary N) is 1. The van der Waals surface area contributed by atoms with Crippen LogP contribution in [0.5, 0.6) is 0 Å². The van der Waals surface area contributed by atoms with Crippen LogP contribution in [0.15, 0.2) is 42.5 Å². The summed E-state index contributed by atoms with van der Waals surface area (Å²) in [5.74, 6) is 0.274. The Hall–Kier alpha value is -2.81. The number of rotatable bonds is 9. The van der Waals surface area contributed by atoms with Crippen molar-refractivity contribution in [2.24, 2.45) is 17.6 Å². The average molecular weight is 585 g/mol. The lowest BCUT2D eigenvalue weighted by Gasteiger charge is -2.45. The van der Waals surface area contributed by atoms with Crippen molar-refractivity contribution in [1.29, 1.82) is 0 Å². The van der Waals surface area contributed by atoms with Crippen molar-refractivity contribution in [1.82, 2.24) is 15.1 Å². The van der Waals surface area contributed by atoms with E-state index in [0.717, 1.165) is 61.9 Å². The molecule has 8 nitrogen and oxygen atoms in total. The first kappa shape index (κ1) is 31.1. The van der Waals surface area contributed by atoms with Gasteiger partial charge in [-0.05, 0) is 80.2 Å². The highest BCUT2D eigenvalue weighted by molar-refractivity contribution is 6.33. The lowest BCUT2D eigenvalue weighted by Crippen LogP contribution is -2.53. The second kappa shape index (κ2) is 14.4.